The van der Waals surface area contributed by atoms with Crippen molar-refractivity contribution in [3.8, 4) is 0 Å². The summed E-state index contributed by atoms with van der Waals surface area (Å²) in [6, 6.07) is 8.68. The molecule has 104 valence electrons. The van der Waals surface area contributed by atoms with Crippen molar-refractivity contribution in [1.29, 1.82) is 0 Å². The van der Waals surface area contributed by atoms with Crippen LogP contribution in [0.1, 0.15) is 43.9 Å². The van der Waals surface area contributed by atoms with Crippen molar-refractivity contribution in [3.05, 3.63) is 35.4 Å². The Morgan fingerprint density at radius 3 is 2.53 bits per heavy atom. The van der Waals surface area contributed by atoms with Gasteiger partial charge in [-0.25, -0.2) is 0 Å². The van der Waals surface area contributed by atoms with Gasteiger partial charge in [0, 0.05) is 13.7 Å². The Morgan fingerprint density at radius 2 is 1.95 bits per heavy atom. The van der Waals surface area contributed by atoms with Gasteiger partial charge in [0.2, 0.25) is 0 Å². The number of methoxy groups -OCH3 is 1. The number of aryl methyl sites for hydroxylation is 1. The zero-order valence-electron chi connectivity index (χ0n) is 12.3. The van der Waals surface area contributed by atoms with Crippen molar-refractivity contribution in [2.45, 2.75) is 45.3 Å². The summed E-state index contributed by atoms with van der Waals surface area (Å²) in [5, 5.41) is 0. The maximum absolute atomic E-state index is 12.5. The van der Waals surface area contributed by atoms with Crippen LogP contribution < -0.4 is 0 Å². The first-order chi connectivity index (χ1) is 8.95. The van der Waals surface area contributed by atoms with Gasteiger partial charge >= 0.3 is 0 Å². The molecule has 2 rings (SSSR count). The highest BCUT2D eigenvalue weighted by Crippen LogP contribution is 2.34. The summed E-state index contributed by atoms with van der Waals surface area (Å²) in [6.45, 7) is 6.57. The molecule has 0 N–H and O–H groups in total. The molecule has 1 heterocycles. The Kier molecular flexibility index (Phi) is 3.95. The van der Waals surface area contributed by atoms with Crippen molar-refractivity contribution >= 4 is 5.91 Å². The van der Waals surface area contributed by atoms with Crippen LogP contribution in [0.25, 0.3) is 0 Å². The lowest BCUT2D eigenvalue weighted by Crippen LogP contribution is -2.46. The molecule has 1 fully saturated rings. The normalized spacial score (nSPS) is 19.8. The van der Waals surface area contributed by atoms with Gasteiger partial charge < -0.3 is 9.64 Å². The lowest BCUT2D eigenvalue weighted by atomic mass is 10.0. The molecule has 19 heavy (non-hydrogen) atoms. The van der Waals surface area contributed by atoms with Gasteiger partial charge in [-0.05, 0) is 39.2 Å². The summed E-state index contributed by atoms with van der Waals surface area (Å²) in [7, 11) is 1.59. The van der Waals surface area contributed by atoms with Crippen LogP contribution in [0.2, 0.25) is 0 Å². The quantitative estimate of drug-likeness (QED) is 0.837. The predicted molar refractivity (Wildman–Crippen MR) is 76.0 cm³/mol. The summed E-state index contributed by atoms with van der Waals surface area (Å²) < 4.78 is 5.32. The molecular weight excluding hydrogens is 238 g/mol. The number of hydrogen-bond donors (Lipinski definition) is 0. The third-order valence-electron chi connectivity index (χ3n) is 4.00. The van der Waals surface area contributed by atoms with Gasteiger partial charge in [0.05, 0.1) is 6.04 Å². The molecule has 0 aliphatic carbocycles. The first-order valence-corrected chi connectivity index (χ1v) is 6.88. The molecule has 0 radical (unpaired) electrons. The van der Waals surface area contributed by atoms with Gasteiger partial charge in [0.15, 0.2) is 0 Å². The fourth-order valence-electron chi connectivity index (χ4n) is 2.58. The van der Waals surface area contributed by atoms with E-state index >= 15 is 0 Å². The fourth-order valence-corrected chi connectivity index (χ4v) is 2.58. The molecule has 0 bridgehead atoms. The number of ether oxygens (including phenoxy) is 1. The zero-order valence-corrected chi connectivity index (χ0v) is 12.3. The second-order valence-electron chi connectivity index (χ2n) is 5.78. The van der Waals surface area contributed by atoms with Crippen LogP contribution in [0.15, 0.2) is 24.3 Å². The number of hydrogen-bond acceptors (Lipinski definition) is 2. The Labute approximate surface area is 115 Å². The van der Waals surface area contributed by atoms with E-state index in [0.29, 0.717) is 0 Å². The standard InChI is InChI=1S/C16H23NO2/c1-12-7-9-13(10-8-12)14-6-5-11-17(14)15(18)16(2,3)19-4/h7-10,14H,5-6,11H2,1-4H3. The third-order valence-corrected chi connectivity index (χ3v) is 4.00. The van der Waals surface area contributed by atoms with E-state index in [1.807, 2.05) is 18.7 Å². The number of carbonyl (C=O) groups is 1. The fraction of sp³-hybridized carbons (Fsp3) is 0.562. The van der Waals surface area contributed by atoms with Crippen molar-refractivity contribution in [3.63, 3.8) is 0 Å². The van der Waals surface area contributed by atoms with E-state index < -0.39 is 5.60 Å². The van der Waals surface area contributed by atoms with Crippen LogP contribution in [-0.4, -0.2) is 30.1 Å². The highest BCUT2D eigenvalue weighted by Gasteiger charge is 2.38. The molecule has 1 unspecified atom stereocenters. The summed E-state index contributed by atoms with van der Waals surface area (Å²) in [5.41, 5.74) is 1.73. The summed E-state index contributed by atoms with van der Waals surface area (Å²) >= 11 is 0. The SMILES string of the molecule is COC(C)(C)C(=O)N1CCCC1c1ccc(C)cc1. The van der Waals surface area contributed by atoms with Gasteiger partial charge in [-0.15, -0.1) is 0 Å². The van der Waals surface area contributed by atoms with Crippen molar-refractivity contribution in [2.24, 2.45) is 0 Å². The van der Waals surface area contributed by atoms with Crippen LogP contribution in [0.4, 0.5) is 0 Å². The molecule has 1 aromatic rings. The molecule has 1 amide bonds. The minimum atomic E-state index is -0.743. The molecule has 1 saturated heterocycles. The van der Waals surface area contributed by atoms with Crippen LogP contribution in [-0.2, 0) is 9.53 Å². The van der Waals surface area contributed by atoms with E-state index in [-0.39, 0.29) is 11.9 Å². The Bertz CT molecular complexity index is 450. The van der Waals surface area contributed by atoms with Gasteiger partial charge in [-0.1, -0.05) is 29.8 Å². The van der Waals surface area contributed by atoms with Gasteiger partial charge in [-0.2, -0.15) is 0 Å². The van der Waals surface area contributed by atoms with E-state index in [9.17, 15) is 4.79 Å². The molecule has 1 atom stereocenters. The second kappa shape index (κ2) is 5.33. The highest BCUT2D eigenvalue weighted by atomic mass is 16.5. The Morgan fingerprint density at radius 1 is 1.32 bits per heavy atom. The zero-order chi connectivity index (χ0) is 14.0. The van der Waals surface area contributed by atoms with Crippen LogP contribution in [0, 0.1) is 6.92 Å². The van der Waals surface area contributed by atoms with Crippen LogP contribution in [0.5, 0.6) is 0 Å². The molecule has 0 aromatic heterocycles. The summed E-state index contributed by atoms with van der Waals surface area (Å²) in [5.74, 6) is 0.0816. The van der Waals surface area contributed by atoms with E-state index in [0.717, 1.165) is 19.4 Å². The number of likely N-dealkylation sites (tertiary alicyclic amines) is 1. The Hall–Kier alpha value is -1.35. The first-order valence-electron chi connectivity index (χ1n) is 6.88. The Balaban J connectivity index is 2.22. The first kappa shape index (κ1) is 14.1. The van der Waals surface area contributed by atoms with Crippen molar-refractivity contribution < 1.29 is 9.53 Å². The lowest BCUT2D eigenvalue weighted by molar-refractivity contribution is -0.152. The smallest absolute Gasteiger partial charge is 0.254 e. The molecule has 1 aliphatic heterocycles. The number of amides is 1. The maximum atomic E-state index is 12.5. The highest BCUT2D eigenvalue weighted by molar-refractivity contribution is 5.85. The predicted octanol–water partition coefficient (Wildman–Crippen LogP) is 3.08. The second-order valence-corrected chi connectivity index (χ2v) is 5.78. The molecule has 1 aromatic carbocycles. The average Bonchev–Trinajstić information content (AvgIpc) is 2.87. The summed E-state index contributed by atoms with van der Waals surface area (Å²) in [4.78, 5) is 14.5. The molecule has 0 saturated carbocycles. The van der Waals surface area contributed by atoms with Gasteiger partial charge in [-0.3, -0.25) is 4.79 Å². The molecular formula is C16H23NO2. The largest absolute Gasteiger partial charge is 0.369 e. The number of nitrogens with zero attached hydrogens (tertiary/aromatic N) is 1. The summed E-state index contributed by atoms with van der Waals surface area (Å²) in [6.07, 6.45) is 2.10. The average molecular weight is 261 g/mol. The molecule has 3 nitrogen and oxygen atoms in total. The number of rotatable bonds is 3. The minimum absolute atomic E-state index is 0.0816. The lowest BCUT2D eigenvalue weighted by Gasteiger charge is -2.32. The topological polar surface area (TPSA) is 29.5 Å². The maximum Gasteiger partial charge on any atom is 0.254 e. The van der Waals surface area contributed by atoms with E-state index in [2.05, 4.69) is 31.2 Å². The van der Waals surface area contributed by atoms with Gasteiger partial charge in [0.25, 0.3) is 5.91 Å². The van der Waals surface area contributed by atoms with Crippen LogP contribution >= 0.6 is 0 Å². The van der Waals surface area contributed by atoms with Gasteiger partial charge in [0.1, 0.15) is 5.60 Å². The number of carbonyl (C=O) groups excluding carboxylic acids is 1. The van der Waals surface area contributed by atoms with E-state index in [4.69, 9.17) is 4.74 Å². The van der Waals surface area contributed by atoms with Crippen molar-refractivity contribution in [1.82, 2.24) is 4.90 Å². The van der Waals surface area contributed by atoms with E-state index in [1.54, 1.807) is 7.11 Å². The minimum Gasteiger partial charge on any atom is -0.369 e. The third kappa shape index (κ3) is 2.81. The van der Waals surface area contributed by atoms with Crippen LogP contribution in [0.3, 0.4) is 0 Å². The molecule has 3 heteroatoms. The van der Waals surface area contributed by atoms with E-state index in [1.165, 1.54) is 11.1 Å². The molecule has 0 spiro atoms. The molecule has 1 aliphatic rings. The van der Waals surface area contributed by atoms with Crippen molar-refractivity contribution in [2.75, 3.05) is 13.7 Å². The monoisotopic (exact) mass is 261 g/mol. The number of benzene rings is 1.